The summed E-state index contributed by atoms with van der Waals surface area (Å²) in [5.41, 5.74) is 2.49. The fourth-order valence-electron chi connectivity index (χ4n) is 4.37. The normalized spacial score (nSPS) is 19.7. The molecule has 2 aliphatic rings. The van der Waals surface area contributed by atoms with Gasteiger partial charge in [-0.1, -0.05) is 44.2 Å². The molecule has 4 rings (SSSR count). The monoisotopic (exact) mass is 420 g/mol. The number of rotatable bonds is 7. The molecule has 0 radical (unpaired) electrons. The third-order valence-electron chi connectivity index (χ3n) is 6.17. The van der Waals surface area contributed by atoms with Gasteiger partial charge < -0.3 is 19.6 Å². The topological polar surface area (TPSA) is 70.1 Å². The van der Waals surface area contributed by atoms with E-state index in [0.29, 0.717) is 25.3 Å². The van der Waals surface area contributed by atoms with Crippen molar-refractivity contribution in [3.63, 3.8) is 0 Å². The number of nitrogens with zero attached hydrogens (tertiary/aromatic N) is 2. The Morgan fingerprint density at radius 1 is 1.13 bits per heavy atom. The van der Waals surface area contributed by atoms with Crippen LogP contribution in [0.3, 0.4) is 0 Å². The summed E-state index contributed by atoms with van der Waals surface area (Å²) in [5.74, 6) is -0.530. The largest absolute Gasteiger partial charge is 0.507 e. The highest BCUT2D eigenvalue weighted by molar-refractivity contribution is 6.46. The number of amides is 1. The van der Waals surface area contributed by atoms with Crippen molar-refractivity contribution in [2.45, 2.75) is 26.3 Å². The van der Waals surface area contributed by atoms with Crippen LogP contribution >= 0.6 is 0 Å². The molecule has 6 nitrogen and oxygen atoms in total. The van der Waals surface area contributed by atoms with Crippen molar-refractivity contribution >= 4 is 17.4 Å². The summed E-state index contributed by atoms with van der Waals surface area (Å²) in [6.45, 7) is 7.58. The second-order valence-corrected chi connectivity index (χ2v) is 7.85. The van der Waals surface area contributed by atoms with Gasteiger partial charge >= 0.3 is 0 Å². The SMILES string of the molecule is CCN(CC)CCN1C(=O)C(=O)/C(=C(\O)c2ccc3c(c2)CCO3)C1c1ccccc1. The number of aliphatic hydroxyl groups is 1. The summed E-state index contributed by atoms with van der Waals surface area (Å²) in [7, 11) is 0. The standard InChI is InChI=1S/C25H28N2O4/c1-3-26(4-2)13-14-27-22(17-8-6-5-7-9-17)21(24(29)25(27)30)23(28)19-10-11-20-18(16-19)12-15-31-20/h5-11,16,22,28H,3-4,12-15H2,1-2H3/b23-21-. The first-order valence-corrected chi connectivity index (χ1v) is 10.9. The van der Waals surface area contributed by atoms with Gasteiger partial charge in [-0.15, -0.1) is 0 Å². The fraction of sp³-hybridized carbons (Fsp3) is 0.360. The molecule has 6 heteroatoms. The van der Waals surface area contributed by atoms with E-state index in [1.165, 1.54) is 0 Å². The van der Waals surface area contributed by atoms with E-state index in [-0.39, 0.29) is 11.3 Å². The summed E-state index contributed by atoms with van der Waals surface area (Å²) < 4.78 is 5.55. The van der Waals surface area contributed by atoms with Crippen LogP contribution in [0.4, 0.5) is 0 Å². The maximum absolute atomic E-state index is 13.1. The number of carbonyl (C=O) groups is 2. The van der Waals surface area contributed by atoms with Crippen molar-refractivity contribution in [2.75, 3.05) is 32.8 Å². The molecule has 2 aliphatic heterocycles. The predicted molar refractivity (Wildman–Crippen MR) is 119 cm³/mol. The molecule has 0 aromatic heterocycles. The van der Waals surface area contributed by atoms with E-state index in [1.54, 1.807) is 11.0 Å². The highest BCUT2D eigenvalue weighted by Crippen LogP contribution is 2.40. The lowest BCUT2D eigenvalue weighted by Crippen LogP contribution is -2.38. The lowest BCUT2D eigenvalue weighted by atomic mass is 9.94. The van der Waals surface area contributed by atoms with Gasteiger partial charge in [-0.05, 0) is 42.4 Å². The average molecular weight is 421 g/mol. The zero-order valence-electron chi connectivity index (χ0n) is 18.0. The van der Waals surface area contributed by atoms with Crippen LogP contribution in [0.2, 0.25) is 0 Å². The first-order valence-electron chi connectivity index (χ1n) is 10.9. The molecule has 1 atom stereocenters. The quantitative estimate of drug-likeness (QED) is 0.422. The third-order valence-corrected chi connectivity index (χ3v) is 6.17. The minimum Gasteiger partial charge on any atom is -0.507 e. The first-order chi connectivity index (χ1) is 15.0. The average Bonchev–Trinajstić information content (AvgIpc) is 3.37. The van der Waals surface area contributed by atoms with Crippen LogP contribution in [0.1, 0.15) is 36.6 Å². The molecule has 0 bridgehead atoms. The molecular formula is C25H28N2O4. The maximum atomic E-state index is 13.1. The van der Waals surface area contributed by atoms with Crippen molar-refractivity contribution in [3.05, 3.63) is 70.8 Å². The van der Waals surface area contributed by atoms with E-state index in [9.17, 15) is 14.7 Å². The van der Waals surface area contributed by atoms with Gasteiger partial charge in [0, 0.05) is 25.1 Å². The zero-order valence-corrected chi connectivity index (χ0v) is 18.0. The molecule has 1 N–H and O–H groups in total. The summed E-state index contributed by atoms with van der Waals surface area (Å²) in [4.78, 5) is 29.9. The van der Waals surface area contributed by atoms with Gasteiger partial charge in [-0.2, -0.15) is 0 Å². The Bertz CT molecular complexity index is 1010. The van der Waals surface area contributed by atoms with Crippen LogP contribution in [0.25, 0.3) is 5.76 Å². The molecule has 1 unspecified atom stereocenters. The molecule has 1 amide bonds. The Morgan fingerprint density at radius 2 is 1.87 bits per heavy atom. The fourth-order valence-corrected chi connectivity index (χ4v) is 4.37. The number of likely N-dealkylation sites (tertiary alicyclic amines) is 1. The number of hydrogen-bond donors (Lipinski definition) is 1. The molecule has 0 spiro atoms. The molecule has 1 saturated heterocycles. The maximum Gasteiger partial charge on any atom is 0.295 e. The highest BCUT2D eigenvalue weighted by Gasteiger charge is 2.45. The van der Waals surface area contributed by atoms with Crippen LogP contribution < -0.4 is 4.74 Å². The summed E-state index contributed by atoms with van der Waals surface area (Å²) in [6.07, 6.45) is 0.761. The Labute approximate surface area is 182 Å². The van der Waals surface area contributed by atoms with E-state index in [0.717, 1.165) is 36.4 Å². The minimum atomic E-state index is -0.636. The Balaban J connectivity index is 1.77. The molecule has 1 fully saturated rings. The van der Waals surface area contributed by atoms with Crippen LogP contribution in [0.15, 0.2) is 54.1 Å². The highest BCUT2D eigenvalue weighted by atomic mass is 16.5. The first kappa shape index (κ1) is 21.1. The third kappa shape index (κ3) is 3.95. The Hall–Kier alpha value is -3.12. The number of aliphatic hydroxyl groups excluding tert-OH is 1. The van der Waals surface area contributed by atoms with Crippen molar-refractivity contribution in [2.24, 2.45) is 0 Å². The number of Topliss-reactive ketones (excluding diaryl/α,β-unsaturated/α-hetero) is 1. The van der Waals surface area contributed by atoms with E-state index in [2.05, 4.69) is 18.7 Å². The second-order valence-electron chi connectivity index (χ2n) is 7.85. The molecule has 0 aliphatic carbocycles. The van der Waals surface area contributed by atoms with E-state index < -0.39 is 17.7 Å². The molecule has 0 saturated carbocycles. The number of benzene rings is 2. The van der Waals surface area contributed by atoms with Crippen LogP contribution in [0, 0.1) is 0 Å². The molecular weight excluding hydrogens is 392 g/mol. The van der Waals surface area contributed by atoms with Gasteiger partial charge in [0.1, 0.15) is 11.5 Å². The van der Waals surface area contributed by atoms with Gasteiger partial charge in [0.05, 0.1) is 18.2 Å². The lowest BCUT2D eigenvalue weighted by Gasteiger charge is -2.28. The number of ether oxygens (including phenoxy) is 1. The minimum absolute atomic E-state index is 0.132. The van der Waals surface area contributed by atoms with Gasteiger partial charge in [0.2, 0.25) is 0 Å². The van der Waals surface area contributed by atoms with Crippen LogP contribution in [-0.4, -0.2) is 59.4 Å². The van der Waals surface area contributed by atoms with Gasteiger partial charge in [-0.25, -0.2) is 0 Å². The van der Waals surface area contributed by atoms with Crippen molar-refractivity contribution in [1.82, 2.24) is 9.80 Å². The Kier molecular flexibility index (Phi) is 6.09. The summed E-state index contributed by atoms with van der Waals surface area (Å²) >= 11 is 0. The van der Waals surface area contributed by atoms with Crippen LogP contribution in [-0.2, 0) is 16.0 Å². The van der Waals surface area contributed by atoms with Crippen LogP contribution in [0.5, 0.6) is 5.75 Å². The Morgan fingerprint density at radius 3 is 2.58 bits per heavy atom. The second kappa shape index (κ2) is 8.94. The summed E-state index contributed by atoms with van der Waals surface area (Å²) in [6, 6.07) is 14.2. The van der Waals surface area contributed by atoms with Gasteiger partial charge in [0.25, 0.3) is 11.7 Å². The zero-order chi connectivity index (χ0) is 22.0. The number of ketones is 1. The lowest BCUT2D eigenvalue weighted by molar-refractivity contribution is -0.140. The van der Waals surface area contributed by atoms with Crippen molar-refractivity contribution in [3.8, 4) is 5.75 Å². The van der Waals surface area contributed by atoms with Gasteiger partial charge in [0.15, 0.2) is 0 Å². The number of fused-ring (bicyclic) bond motifs is 1. The van der Waals surface area contributed by atoms with Gasteiger partial charge in [-0.3, -0.25) is 9.59 Å². The number of carbonyl (C=O) groups excluding carboxylic acids is 2. The predicted octanol–water partition coefficient (Wildman–Crippen LogP) is 3.39. The van der Waals surface area contributed by atoms with Crippen molar-refractivity contribution in [1.29, 1.82) is 0 Å². The molecule has 2 aromatic rings. The van der Waals surface area contributed by atoms with E-state index in [1.807, 2.05) is 42.5 Å². The molecule has 31 heavy (non-hydrogen) atoms. The summed E-state index contributed by atoms with van der Waals surface area (Å²) in [5, 5.41) is 11.2. The smallest absolute Gasteiger partial charge is 0.295 e. The molecule has 162 valence electrons. The van der Waals surface area contributed by atoms with E-state index >= 15 is 0 Å². The number of likely N-dealkylation sites (N-methyl/N-ethyl adjacent to an activating group) is 1. The molecule has 2 aromatic carbocycles. The van der Waals surface area contributed by atoms with E-state index in [4.69, 9.17) is 4.74 Å². The molecule has 2 heterocycles. The number of hydrogen-bond acceptors (Lipinski definition) is 5. The van der Waals surface area contributed by atoms with Crippen molar-refractivity contribution < 1.29 is 19.4 Å².